The van der Waals surface area contributed by atoms with E-state index in [9.17, 15) is 9.59 Å². The Labute approximate surface area is 183 Å². The Kier molecular flexibility index (Phi) is 4.88. The molecule has 0 spiro atoms. The summed E-state index contributed by atoms with van der Waals surface area (Å²) in [4.78, 5) is 29.2. The van der Waals surface area contributed by atoms with Crippen LogP contribution < -0.4 is 11.2 Å². The number of rotatable bonds is 3. The molecule has 0 saturated carbocycles. The van der Waals surface area contributed by atoms with E-state index in [2.05, 4.69) is 0 Å². The van der Waals surface area contributed by atoms with Gasteiger partial charge in [0.25, 0.3) is 5.56 Å². The number of aromatic nitrogens is 2. The molecule has 0 saturated heterocycles. The fourth-order valence-corrected chi connectivity index (χ4v) is 5.78. The Bertz CT molecular complexity index is 1380. The highest BCUT2D eigenvalue weighted by Crippen LogP contribution is 2.34. The topological polar surface area (TPSA) is 44.0 Å². The lowest BCUT2D eigenvalue weighted by atomic mass is 9.97. The molecule has 1 aliphatic rings. The molecule has 0 amide bonds. The molecule has 0 N–H and O–H groups in total. The van der Waals surface area contributed by atoms with Crippen molar-refractivity contribution in [3.63, 3.8) is 0 Å². The third-order valence-corrected chi connectivity index (χ3v) is 7.48. The number of benzene rings is 2. The Morgan fingerprint density at radius 1 is 1.00 bits per heavy atom. The van der Waals surface area contributed by atoms with Crippen molar-refractivity contribution in [2.45, 2.75) is 39.2 Å². The van der Waals surface area contributed by atoms with Gasteiger partial charge in [-0.3, -0.25) is 9.36 Å². The van der Waals surface area contributed by atoms with Gasteiger partial charge >= 0.3 is 5.69 Å². The molecule has 0 aliphatic heterocycles. The summed E-state index contributed by atoms with van der Waals surface area (Å²) >= 11 is 7.65. The summed E-state index contributed by atoms with van der Waals surface area (Å²) in [5.41, 5.74) is 3.35. The molecular weight excluding hydrogens is 416 g/mol. The highest BCUT2D eigenvalue weighted by Gasteiger charge is 2.24. The molecule has 0 fully saturated rings. The maximum atomic E-state index is 13.6. The van der Waals surface area contributed by atoms with Gasteiger partial charge in [0.05, 0.1) is 17.6 Å². The molecule has 2 aromatic heterocycles. The second-order valence-corrected chi connectivity index (χ2v) is 9.32. The van der Waals surface area contributed by atoms with Crippen molar-refractivity contribution in [1.82, 2.24) is 9.13 Å². The highest BCUT2D eigenvalue weighted by molar-refractivity contribution is 7.18. The maximum Gasteiger partial charge on any atom is 0.337 e. The first kappa shape index (κ1) is 19.3. The smallest absolute Gasteiger partial charge is 0.279 e. The van der Waals surface area contributed by atoms with Crippen molar-refractivity contribution < 1.29 is 0 Å². The standard InChI is InChI=1S/C24H21ClN2O2S/c1-15-6-2-3-7-16(15)14-26-23-21(19-8-4-5-9-20(19)30-23)22(28)27(24(26)29)18-12-10-17(25)11-13-18/h2-3,6-7,10-13H,4-5,8-9,14H2,1H3. The molecule has 30 heavy (non-hydrogen) atoms. The fourth-order valence-electron chi connectivity index (χ4n) is 4.28. The third kappa shape index (κ3) is 3.13. The molecule has 2 aromatic carbocycles. The lowest BCUT2D eigenvalue weighted by Crippen LogP contribution is -2.39. The average molecular weight is 437 g/mol. The van der Waals surface area contributed by atoms with Gasteiger partial charge in [0.1, 0.15) is 4.83 Å². The second kappa shape index (κ2) is 7.56. The van der Waals surface area contributed by atoms with Crippen molar-refractivity contribution in [1.29, 1.82) is 0 Å². The molecule has 152 valence electrons. The summed E-state index contributed by atoms with van der Waals surface area (Å²) < 4.78 is 3.08. The molecular formula is C24H21ClN2O2S. The number of nitrogens with zero attached hydrogens (tertiary/aromatic N) is 2. The summed E-state index contributed by atoms with van der Waals surface area (Å²) in [5, 5.41) is 1.28. The lowest BCUT2D eigenvalue weighted by Gasteiger charge is -2.14. The Balaban J connectivity index is 1.84. The van der Waals surface area contributed by atoms with Crippen LogP contribution in [0.5, 0.6) is 0 Å². The highest BCUT2D eigenvalue weighted by atomic mass is 35.5. The van der Waals surface area contributed by atoms with Crippen LogP contribution in [-0.2, 0) is 19.4 Å². The van der Waals surface area contributed by atoms with Crippen LogP contribution >= 0.6 is 22.9 Å². The lowest BCUT2D eigenvalue weighted by molar-refractivity contribution is 0.695. The molecule has 0 atom stereocenters. The van der Waals surface area contributed by atoms with Gasteiger partial charge in [-0.05, 0) is 73.6 Å². The Hall–Kier alpha value is -2.63. The molecule has 5 rings (SSSR count). The summed E-state index contributed by atoms with van der Waals surface area (Å²) in [5.74, 6) is 0. The van der Waals surface area contributed by atoms with Gasteiger partial charge in [0.2, 0.25) is 0 Å². The van der Waals surface area contributed by atoms with E-state index in [0.29, 0.717) is 22.6 Å². The molecule has 0 bridgehead atoms. The Morgan fingerprint density at radius 2 is 1.73 bits per heavy atom. The largest absolute Gasteiger partial charge is 0.337 e. The van der Waals surface area contributed by atoms with Crippen molar-refractivity contribution >= 4 is 33.2 Å². The number of hydrogen-bond donors (Lipinski definition) is 0. The number of hydrogen-bond acceptors (Lipinski definition) is 3. The van der Waals surface area contributed by atoms with Gasteiger partial charge < -0.3 is 0 Å². The number of halogens is 1. The second-order valence-electron chi connectivity index (χ2n) is 7.80. The maximum absolute atomic E-state index is 13.6. The van der Waals surface area contributed by atoms with Gasteiger partial charge in [-0.2, -0.15) is 0 Å². The summed E-state index contributed by atoms with van der Waals surface area (Å²) in [6.45, 7) is 2.49. The SMILES string of the molecule is Cc1ccccc1Cn1c(=O)n(-c2ccc(Cl)cc2)c(=O)c2c3c(sc21)CCCC3. The van der Waals surface area contributed by atoms with Crippen LogP contribution in [0.4, 0.5) is 0 Å². The molecule has 1 aliphatic carbocycles. The van der Waals surface area contributed by atoms with E-state index >= 15 is 0 Å². The normalized spacial score (nSPS) is 13.5. The minimum absolute atomic E-state index is 0.224. The molecule has 0 radical (unpaired) electrons. The van der Waals surface area contributed by atoms with Gasteiger partial charge in [0, 0.05) is 9.90 Å². The van der Waals surface area contributed by atoms with Crippen LogP contribution in [0.2, 0.25) is 5.02 Å². The van der Waals surface area contributed by atoms with Crippen LogP contribution in [-0.4, -0.2) is 9.13 Å². The van der Waals surface area contributed by atoms with Crippen LogP contribution in [0.1, 0.15) is 34.4 Å². The van der Waals surface area contributed by atoms with Gasteiger partial charge in [0.15, 0.2) is 0 Å². The Morgan fingerprint density at radius 3 is 2.50 bits per heavy atom. The summed E-state index contributed by atoms with van der Waals surface area (Å²) in [6, 6.07) is 14.9. The van der Waals surface area contributed by atoms with Crippen molar-refractivity contribution in [3.8, 4) is 5.69 Å². The van der Waals surface area contributed by atoms with Crippen molar-refractivity contribution in [2.75, 3.05) is 0 Å². The molecule has 4 aromatic rings. The predicted molar refractivity (Wildman–Crippen MR) is 124 cm³/mol. The van der Waals surface area contributed by atoms with E-state index in [0.717, 1.165) is 47.2 Å². The first-order valence-electron chi connectivity index (χ1n) is 10.1. The quantitative estimate of drug-likeness (QED) is 0.448. The van der Waals surface area contributed by atoms with Gasteiger partial charge in [-0.1, -0.05) is 35.9 Å². The monoisotopic (exact) mass is 436 g/mol. The summed E-state index contributed by atoms with van der Waals surface area (Å²) in [7, 11) is 0. The minimum atomic E-state index is -0.309. The van der Waals surface area contributed by atoms with Crippen LogP contribution in [0, 0.1) is 6.92 Å². The molecule has 2 heterocycles. The van der Waals surface area contributed by atoms with E-state index in [-0.39, 0.29) is 11.2 Å². The number of fused-ring (bicyclic) bond motifs is 3. The molecule has 6 heteroatoms. The van der Waals surface area contributed by atoms with E-state index in [4.69, 9.17) is 11.6 Å². The minimum Gasteiger partial charge on any atom is -0.279 e. The fraction of sp³-hybridized carbons (Fsp3) is 0.250. The zero-order valence-electron chi connectivity index (χ0n) is 16.7. The number of thiophene rings is 1. The van der Waals surface area contributed by atoms with E-state index in [1.54, 1.807) is 40.2 Å². The van der Waals surface area contributed by atoms with Gasteiger partial charge in [-0.25, -0.2) is 9.36 Å². The molecule has 0 unspecified atom stereocenters. The van der Waals surface area contributed by atoms with E-state index in [1.165, 1.54) is 9.44 Å². The predicted octanol–water partition coefficient (Wildman–Crippen LogP) is 5.10. The summed E-state index contributed by atoms with van der Waals surface area (Å²) in [6.07, 6.45) is 4.09. The third-order valence-electron chi connectivity index (χ3n) is 5.91. The van der Waals surface area contributed by atoms with Crippen LogP contribution in [0.25, 0.3) is 15.9 Å². The zero-order valence-corrected chi connectivity index (χ0v) is 18.2. The van der Waals surface area contributed by atoms with E-state index < -0.39 is 0 Å². The van der Waals surface area contributed by atoms with Crippen LogP contribution in [0.15, 0.2) is 58.1 Å². The van der Waals surface area contributed by atoms with Crippen LogP contribution in [0.3, 0.4) is 0 Å². The first-order chi connectivity index (χ1) is 14.5. The first-order valence-corrected chi connectivity index (χ1v) is 11.3. The van der Waals surface area contributed by atoms with Crippen molar-refractivity contribution in [2.24, 2.45) is 0 Å². The van der Waals surface area contributed by atoms with Gasteiger partial charge in [-0.15, -0.1) is 11.3 Å². The van der Waals surface area contributed by atoms with E-state index in [1.807, 2.05) is 31.2 Å². The zero-order chi connectivity index (χ0) is 20.8. The molecule has 4 nitrogen and oxygen atoms in total. The number of aryl methyl sites for hydroxylation is 3. The van der Waals surface area contributed by atoms with Crippen molar-refractivity contribution in [3.05, 3.63) is 96.0 Å². The average Bonchev–Trinajstić information content (AvgIpc) is 3.13.